The molecule has 0 unspecified atom stereocenters. The van der Waals surface area contributed by atoms with Crippen LogP contribution in [0.3, 0.4) is 0 Å². The van der Waals surface area contributed by atoms with Crippen LogP contribution in [0.4, 0.5) is 0 Å². The average Bonchev–Trinajstić information content (AvgIpc) is 2.29. The summed E-state index contributed by atoms with van der Waals surface area (Å²) < 4.78 is 5.19. The van der Waals surface area contributed by atoms with Crippen LogP contribution in [0.1, 0.15) is 45.2 Å². The van der Waals surface area contributed by atoms with Gasteiger partial charge >= 0.3 is 5.97 Å². The van der Waals surface area contributed by atoms with Crippen molar-refractivity contribution < 1.29 is 14.6 Å². The number of hydrogen-bond acceptors (Lipinski definition) is 4. The van der Waals surface area contributed by atoms with E-state index in [0.29, 0.717) is 17.7 Å². The summed E-state index contributed by atoms with van der Waals surface area (Å²) in [4.78, 5) is 11.3. The Kier molecular flexibility index (Phi) is 4.35. The molecule has 0 heterocycles. The van der Waals surface area contributed by atoms with Crippen LogP contribution < -0.4 is 10.5 Å². The van der Waals surface area contributed by atoms with Gasteiger partial charge in [0.2, 0.25) is 0 Å². The van der Waals surface area contributed by atoms with E-state index in [1.54, 1.807) is 19.1 Å². The number of phenolic OH excluding ortho intramolecular Hbond substituents is 1. The molecule has 100 valence electrons. The molecule has 0 aliphatic heterocycles. The molecule has 0 aliphatic carbocycles. The third kappa shape index (κ3) is 3.23. The van der Waals surface area contributed by atoms with Gasteiger partial charge in [-0.1, -0.05) is 27.7 Å². The lowest BCUT2D eigenvalue weighted by atomic mass is 9.85. The van der Waals surface area contributed by atoms with Crippen molar-refractivity contribution in [1.82, 2.24) is 0 Å². The number of aromatic hydroxyl groups is 1. The highest BCUT2D eigenvalue weighted by Crippen LogP contribution is 2.36. The zero-order valence-electron chi connectivity index (χ0n) is 11.4. The molecule has 0 saturated carbocycles. The summed E-state index contributed by atoms with van der Waals surface area (Å²) in [6.45, 7) is 7.87. The van der Waals surface area contributed by atoms with Crippen molar-refractivity contribution in [2.75, 3.05) is 0 Å². The van der Waals surface area contributed by atoms with E-state index in [-0.39, 0.29) is 23.7 Å². The van der Waals surface area contributed by atoms with Gasteiger partial charge in [-0.25, -0.2) is 0 Å². The van der Waals surface area contributed by atoms with E-state index >= 15 is 0 Å². The van der Waals surface area contributed by atoms with Crippen LogP contribution in [0.25, 0.3) is 0 Å². The van der Waals surface area contributed by atoms with E-state index < -0.39 is 0 Å². The van der Waals surface area contributed by atoms with Gasteiger partial charge in [-0.3, -0.25) is 4.79 Å². The number of phenols is 1. The molecule has 0 aliphatic rings. The third-order valence-electron chi connectivity index (χ3n) is 2.71. The molecule has 0 saturated heterocycles. The normalized spacial score (nSPS) is 11.4. The predicted octanol–water partition coefficient (Wildman–Crippen LogP) is 2.46. The lowest BCUT2D eigenvalue weighted by Crippen LogP contribution is -2.14. The van der Waals surface area contributed by atoms with Crippen molar-refractivity contribution in [2.24, 2.45) is 5.73 Å². The van der Waals surface area contributed by atoms with Gasteiger partial charge in [0.25, 0.3) is 0 Å². The van der Waals surface area contributed by atoms with Crippen LogP contribution in [0, 0.1) is 0 Å². The average molecular weight is 251 g/mol. The van der Waals surface area contributed by atoms with Crippen LogP contribution >= 0.6 is 0 Å². The van der Waals surface area contributed by atoms with E-state index in [1.807, 2.05) is 20.8 Å². The monoisotopic (exact) mass is 251 g/mol. The van der Waals surface area contributed by atoms with Gasteiger partial charge in [0.05, 0.1) is 0 Å². The third-order valence-corrected chi connectivity index (χ3v) is 2.71. The minimum atomic E-state index is -0.302. The number of esters is 1. The smallest absolute Gasteiger partial charge is 0.310 e. The molecule has 3 N–H and O–H groups in total. The number of hydrogen-bond donors (Lipinski definition) is 2. The van der Waals surface area contributed by atoms with Gasteiger partial charge in [0.1, 0.15) is 11.5 Å². The molecular formula is C14H21NO3. The van der Waals surface area contributed by atoms with Crippen molar-refractivity contribution in [3.63, 3.8) is 0 Å². The second-order valence-electron chi connectivity index (χ2n) is 5.26. The zero-order chi connectivity index (χ0) is 13.9. The second kappa shape index (κ2) is 5.40. The highest BCUT2D eigenvalue weighted by Gasteiger charge is 2.21. The number of carbonyl (C=O) groups excluding carboxylic acids is 1. The highest BCUT2D eigenvalue weighted by atomic mass is 16.5. The molecule has 4 heteroatoms. The first-order chi connectivity index (χ1) is 8.29. The van der Waals surface area contributed by atoms with E-state index in [0.717, 1.165) is 5.56 Å². The Hall–Kier alpha value is -1.55. The van der Waals surface area contributed by atoms with Crippen molar-refractivity contribution >= 4 is 5.97 Å². The summed E-state index contributed by atoms with van der Waals surface area (Å²) >= 11 is 0. The molecule has 0 amide bonds. The predicted molar refractivity (Wildman–Crippen MR) is 70.6 cm³/mol. The van der Waals surface area contributed by atoms with Crippen LogP contribution in [0.15, 0.2) is 12.1 Å². The van der Waals surface area contributed by atoms with Crippen molar-refractivity contribution in [3.8, 4) is 11.5 Å². The number of nitrogens with two attached hydrogens (primary N) is 1. The van der Waals surface area contributed by atoms with E-state index in [2.05, 4.69) is 0 Å². The lowest BCUT2D eigenvalue weighted by molar-refractivity contribution is -0.134. The maximum Gasteiger partial charge on any atom is 0.310 e. The van der Waals surface area contributed by atoms with Crippen LogP contribution in [0.2, 0.25) is 0 Å². The maximum absolute atomic E-state index is 11.3. The SMILES string of the molecule is CCC(=O)Oc1cc(CN)c(O)c(C(C)(C)C)c1. The topological polar surface area (TPSA) is 72.5 Å². The van der Waals surface area contributed by atoms with E-state index in [4.69, 9.17) is 10.5 Å². The summed E-state index contributed by atoms with van der Waals surface area (Å²) in [7, 11) is 0. The molecule has 1 aromatic rings. The Morgan fingerprint density at radius 2 is 2.00 bits per heavy atom. The Bertz CT molecular complexity index is 447. The summed E-state index contributed by atoms with van der Waals surface area (Å²) in [5, 5.41) is 10.1. The molecule has 0 bridgehead atoms. The fourth-order valence-corrected chi connectivity index (χ4v) is 1.66. The molecule has 1 aromatic carbocycles. The summed E-state index contributed by atoms with van der Waals surface area (Å²) in [5.41, 5.74) is 6.66. The summed E-state index contributed by atoms with van der Waals surface area (Å²) in [6, 6.07) is 3.31. The van der Waals surface area contributed by atoms with Gasteiger partial charge in [-0.2, -0.15) is 0 Å². The van der Waals surface area contributed by atoms with Crippen molar-refractivity contribution in [3.05, 3.63) is 23.3 Å². The fraction of sp³-hybridized carbons (Fsp3) is 0.500. The van der Waals surface area contributed by atoms with Gasteiger partial charge in [0, 0.05) is 24.1 Å². The number of benzene rings is 1. The minimum Gasteiger partial charge on any atom is -0.507 e. The highest BCUT2D eigenvalue weighted by molar-refractivity contribution is 5.72. The molecule has 1 rings (SSSR count). The standard InChI is InChI=1S/C14H21NO3/c1-5-12(16)18-10-6-9(8-15)13(17)11(7-10)14(2,3)4/h6-7,17H,5,8,15H2,1-4H3. The second-order valence-corrected chi connectivity index (χ2v) is 5.26. The van der Waals surface area contributed by atoms with Crippen molar-refractivity contribution in [2.45, 2.75) is 46.1 Å². The van der Waals surface area contributed by atoms with Gasteiger partial charge in [0.15, 0.2) is 0 Å². The lowest BCUT2D eigenvalue weighted by Gasteiger charge is -2.22. The molecule has 0 aromatic heterocycles. The van der Waals surface area contributed by atoms with E-state index in [1.165, 1.54) is 0 Å². The fourth-order valence-electron chi connectivity index (χ4n) is 1.66. The van der Waals surface area contributed by atoms with Gasteiger partial charge in [-0.15, -0.1) is 0 Å². The molecule has 0 atom stereocenters. The Morgan fingerprint density at radius 3 is 2.44 bits per heavy atom. The largest absolute Gasteiger partial charge is 0.507 e. The molecule has 0 radical (unpaired) electrons. The molecule has 0 fully saturated rings. The first kappa shape index (κ1) is 14.5. The van der Waals surface area contributed by atoms with Crippen LogP contribution in [-0.2, 0) is 16.8 Å². The maximum atomic E-state index is 11.3. The first-order valence-electron chi connectivity index (χ1n) is 6.06. The molecule has 18 heavy (non-hydrogen) atoms. The zero-order valence-corrected chi connectivity index (χ0v) is 11.4. The van der Waals surface area contributed by atoms with E-state index in [9.17, 15) is 9.90 Å². The Balaban J connectivity index is 3.26. The van der Waals surface area contributed by atoms with Crippen LogP contribution in [0.5, 0.6) is 11.5 Å². The van der Waals surface area contributed by atoms with Crippen LogP contribution in [-0.4, -0.2) is 11.1 Å². The van der Waals surface area contributed by atoms with Crippen molar-refractivity contribution in [1.29, 1.82) is 0 Å². The van der Waals surface area contributed by atoms with Gasteiger partial charge in [-0.05, 0) is 17.5 Å². The summed E-state index contributed by atoms with van der Waals surface area (Å²) in [5.74, 6) is 0.315. The Labute approximate surface area is 108 Å². The van der Waals surface area contributed by atoms with Gasteiger partial charge < -0.3 is 15.6 Å². The number of ether oxygens (including phenoxy) is 1. The first-order valence-corrected chi connectivity index (χ1v) is 6.06. The minimum absolute atomic E-state index is 0.182. The quantitative estimate of drug-likeness (QED) is 0.639. The Morgan fingerprint density at radius 1 is 1.39 bits per heavy atom. The molecular weight excluding hydrogens is 230 g/mol. The molecule has 4 nitrogen and oxygen atoms in total. The number of carbonyl (C=O) groups is 1. The number of rotatable bonds is 3. The molecule has 0 spiro atoms. The summed E-state index contributed by atoms with van der Waals surface area (Å²) in [6.07, 6.45) is 0.309.